The number of likely N-dealkylation sites (N-methyl/N-ethyl adjacent to an activating group) is 1. The number of carbonyl (C=O) groups is 1. The number of benzene rings is 1. The standard InChI is InChI=1S/C21H15ClN4O4S/c1-2-25-20(27)18(31-21(25)24-15-7-5-11-23-19(15)22)12-13-9-10-17(30-13)14-6-3-4-8-16(14)26(28)29/h3-12H,2H2,1H3/b18-12+,24-21?. The highest BCUT2D eigenvalue weighted by molar-refractivity contribution is 8.18. The molecule has 1 aliphatic rings. The summed E-state index contributed by atoms with van der Waals surface area (Å²) in [4.78, 5) is 34.1. The van der Waals surface area contributed by atoms with Crippen molar-refractivity contribution in [1.82, 2.24) is 9.88 Å². The first-order valence-corrected chi connectivity index (χ1v) is 10.4. The molecule has 1 fully saturated rings. The Morgan fingerprint density at radius 2 is 2.06 bits per heavy atom. The van der Waals surface area contributed by atoms with E-state index >= 15 is 0 Å². The van der Waals surface area contributed by atoms with Gasteiger partial charge in [0.05, 0.1) is 15.4 Å². The number of carbonyl (C=O) groups excluding carboxylic acids is 1. The number of nitrogens with zero attached hydrogens (tertiary/aromatic N) is 4. The molecule has 0 atom stereocenters. The summed E-state index contributed by atoms with van der Waals surface area (Å²) in [6, 6.07) is 13.1. The molecule has 10 heteroatoms. The second-order valence-electron chi connectivity index (χ2n) is 6.34. The van der Waals surface area contributed by atoms with Crippen molar-refractivity contribution in [3.8, 4) is 11.3 Å². The van der Waals surface area contributed by atoms with Crippen LogP contribution in [0.25, 0.3) is 17.4 Å². The van der Waals surface area contributed by atoms with Gasteiger partial charge in [-0.1, -0.05) is 23.7 Å². The predicted molar refractivity (Wildman–Crippen MR) is 120 cm³/mol. The molecular weight excluding hydrogens is 440 g/mol. The van der Waals surface area contributed by atoms with Crippen molar-refractivity contribution in [1.29, 1.82) is 0 Å². The maximum Gasteiger partial charge on any atom is 0.280 e. The molecular formula is C21H15ClN4O4S. The Morgan fingerprint density at radius 1 is 1.26 bits per heavy atom. The van der Waals surface area contributed by atoms with E-state index in [4.69, 9.17) is 16.0 Å². The van der Waals surface area contributed by atoms with E-state index in [2.05, 4.69) is 9.98 Å². The van der Waals surface area contributed by atoms with Gasteiger partial charge in [-0.05, 0) is 49.0 Å². The molecule has 31 heavy (non-hydrogen) atoms. The van der Waals surface area contributed by atoms with Gasteiger partial charge in [0, 0.05) is 24.9 Å². The number of para-hydroxylation sites is 1. The molecule has 0 unspecified atom stereocenters. The number of aliphatic imine (C=N–C) groups is 1. The third-order valence-electron chi connectivity index (χ3n) is 4.43. The van der Waals surface area contributed by atoms with Gasteiger partial charge in [0.1, 0.15) is 17.2 Å². The van der Waals surface area contributed by atoms with Gasteiger partial charge in [-0.3, -0.25) is 19.8 Å². The maximum atomic E-state index is 12.8. The van der Waals surface area contributed by atoms with Crippen molar-refractivity contribution in [2.45, 2.75) is 6.92 Å². The van der Waals surface area contributed by atoms with Crippen molar-refractivity contribution < 1.29 is 14.1 Å². The van der Waals surface area contributed by atoms with Gasteiger partial charge in [0.15, 0.2) is 10.3 Å². The predicted octanol–water partition coefficient (Wildman–Crippen LogP) is 5.53. The summed E-state index contributed by atoms with van der Waals surface area (Å²) in [7, 11) is 0. The number of halogens is 1. The Bertz CT molecular complexity index is 1240. The lowest BCUT2D eigenvalue weighted by atomic mass is 10.1. The van der Waals surface area contributed by atoms with Crippen LogP contribution >= 0.6 is 23.4 Å². The van der Waals surface area contributed by atoms with Crippen molar-refractivity contribution in [3.05, 3.63) is 80.7 Å². The monoisotopic (exact) mass is 454 g/mol. The largest absolute Gasteiger partial charge is 0.456 e. The van der Waals surface area contributed by atoms with Crippen molar-refractivity contribution in [3.63, 3.8) is 0 Å². The fourth-order valence-corrected chi connectivity index (χ4v) is 4.18. The molecule has 4 rings (SSSR count). The Hall–Kier alpha value is -3.43. The Kier molecular flexibility index (Phi) is 5.88. The van der Waals surface area contributed by atoms with Crippen LogP contribution in [0.4, 0.5) is 11.4 Å². The fraction of sp³-hybridized carbons (Fsp3) is 0.0952. The Morgan fingerprint density at radius 3 is 2.81 bits per heavy atom. The number of rotatable bonds is 5. The normalized spacial score (nSPS) is 16.5. The summed E-state index contributed by atoms with van der Waals surface area (Å²) in [5, 5.41) is 12.0. The summed E-state index contributed by atoms with van der Waals surface area (Å²) in [5.41, 5.74) is 0.782. The number of hydrogen-bond donors (Lipinski definition) is 0. The summed E-state index contributed by atoms with van der Waals surface area (Å²) >= 11 is 7.28. The van der Waals surface area contributed by atoms with E-state index in [-0.39, 0.29) is 16.7 Å². The van der Waals surface area contributed by atoms with Crippen LogP contribution in [0.3, 0.4) is 0 Å². The molecule has 156 valence electrons. The van der Waals surface area contributed by atoms with Gasteiger partial charge in [0.2, 0.25) is 0 Å². The van der Waals surface area contributed by atoms with E-state index in [1.807, 2.05) is 6.92 Å². The van der Waals surface area contributed by atoms with Crippen LogP contribution < -0.4 is 0 Å². The SMILES string of the molecule is CCN1C(=O)/C(=C\c2ccc(-c3ccccc3[N+](=O)[O-])o2)SC1=Nc1cccnc1Cl. The zero-order chi connectivity index (χ0) is 22.0. The minimum absolute atomic E-state index is 0.0534. The molecule has 8 nitrogen and oxygen atoms in total. The number of thioether (sulfide) groups is 1. The molecule has 0 radical (unpaired) electrons. The van der Waals surface area contributed by atoms with E-state index in [1.165, 1.54) is 22.7 Å². The molecule has 1 saturated heterocycles. The second kappa shape index (κ2) is 8.75. The lowest BCUT2D eigenvalue weighted by Crippen LogP contribution is -2.28. The fourth-order valence-electron chi connectivity index (χ4n) is 2.98. The average Bonchev–Trinajstić information content (AvgIpc) is 3.34. The first kappa shape index (κ1) is 20.8. The van der Waals surface area contributed by atoms with Gasteiger partial charge in [-0.25, -0.2) is 9.98 Å². The molecule has 1 aliphatic heterocycles. The summed E-state index contributed by atoms with van der Waals surface area (Å²) in [6.07, 6.45) is 3.16. The van der Waals surface area contributed by atoms with Crippen molar-refractivity contribution in [2.75, 3.05) is 6.54 Å². The van der Waals surface area contributed by atoms with Crippen molar-refractivity contribution >= 4 is 51.9 Å². The van der Waals surface area contributed by atoms with Gasteiger partial charge in [0.25, 0.3) is 11.6 Å². The Balaban J connectivity index is 1.65. The van der Waals surface area contributed by atoms with Crippen LogP contribution in [0.1, 0.15) is 12.7 Å². The van der Waals surface area contributed by atoms with Crippen molar-refractivity contribution in [2.24, 2.45) is 4.99 Å². The second-order valence-corrected chi connectivity index (χ2v) is 7.71. The molecule has 1 aromatic carbocycles. The number of hydrogen-bond acceptors (Lipinski definition) is 7. The molecule has 0 spiro atoms. The minimum Gasteiger partial charge on any atom is -0.456 e. The summed E-state index contributed by atoms with van der Waals surface area (Å²) in [5.74, 6) is 0.536. The van der Waals surface area contributed by atoms with Crippen LogP contribution in [0, 0.1) is 10.1 Å². The van der Waals surface area contributed by atoms with E-state index in [9.17, 15) is 14.9 Å². The molecule has 1 amide bonds. The first-order valence-electron chi connectivity index (χ1n) is 9.22. The quantitative estimate of drug-likeness (QED) is 0.217. The van der Waals surface area contributed by atoms with Crippen LogP contribution in [0.15, 0.2) is 69.0 Å². The lowest BCUT2D eigenvalue weighted by molar-refractivity contribution is -0.384. The highest BCUT2D eigenvalue weighted by atomic mass is 35.5. The molecule has 2 aromatic heterocycles. The molecule has 0 aliphatic carbocycles. The van der Waals surface area contributed by atoms with Gasteiger partial charge in [-0.15, -0.1) is 0 Å². The number of amides is 1. The summed E-state index contributed by atoms with van der Waals surface area (Å²) < 4.78 is 5.78. The third kappa shape index (κ3) is 4.23. The lowest BCUT2D eigenvalue weighted by Gasteiger charge is -2.12. The van der Waals surface area contributed by atoms with Crippen LogP contribution in [0.5, 0.6) is 0 Å². The first-order chi connectivity index (χ1) is 15.0. The zero-order valence-corrected chi connectivity index (χ0v) is 17.8. The Labute approximate surface area is 186 Å². The number of aromatic nitrogens is 1. The van der Waals surface area contributed by atoms with Gasteiger partial charge >= 0.3 is 0 Å². The number of nitro groups is 1. The molecule has 0 saturated carbocycles. The van der Waals surface area contributed by atoms with Gasteiger partial charge in [-0.2, -0.15) is 0 Å². The minimum atomic E-state index is -0.461. The molecule has 3 aromatic rings. The van der Waals surface area contributed by atoms with Crippen LogP contribution in [-0.2, 0) is 4.79 Å². The smallest absolute Gasteiger partial charge is 0.280 e. The van der Waals surface area contributed by atoms with E-state index in [0.29, 0.717) is 39.4 Å². The van der Waals surface area contributed by atoms with E-state index in [0.717, 1.165) is 0 Å². The number of furan rings is 1. The summed E-state index contributed by atoms with van der Waals surface area (Å²) in [6.45, 7) is 2.28. The third-order valence-corrected chi connectivity index (χ3v) is 5.72. The average molecular weight is 455 g/mol. The van der Waals surface area contributed by atoms with Crippen LogP contribution in [0.2, 0.25) is 5.15 Å². The molecule has 0 bridgehead atoms. The highest BCUT2D eigenvalue weighted by Crippen LogP contribution is 2.36. The van der Waals surface area contributed by atoms with E-state index in [1.54, 1.807) is 54.7 Å². The maximum absolute atomic E-state index is 12.8. The number of nitro benzene ring substituents is 1. The number of pyridine rings is 1. The van der Waals surface area contributed by atoms with Crippen LogP contribution in [-0.4, -0.2) is 32.4 Å². The number of amidine groups is 1. The molecule has 0 N–H and O–H groups in total. The zero-order valence-electron chi connectivity index (χ0n) is 16.2. The molecule has 3 heterocycles. The van der Waals surface area contributed by atoms with E-state index < -0.39 is 4.92 Å². The highest BCUT2D eigenvalue weighted by Gasteiger charge is 2.32. The topological polar surface area (TPSA) is 102 Å². The van der Waals surface area contributed by atoms with Gasteiger partial charge < -0.3 is 4.42 Å².